The molecule has 88 valence electrons. The summed E-state index contributed by atoms with van der Waals surface area (Å²) >= 11 is 0. The predicted octanol–water partition coefficient (Wildman–Crippen LogP) is 2.07. The van der Waals surface area contributed by atoms with Crippen molar-refractivity contribution in [3.05, 3.63) is 17.5 Å². The highest BCUT2D eigenvalue weighted by Crippen LogP contribution is 2.25. The molecule has 0 radical (unpaired) electrons. The van der Waals surface area contributed by atoms with Crippen molar-refractivity contribution in [2.75, 3.05) is 11.9 Å². The van der Waals surface area contributed by atoms with Crippen molar-refractivity contribution in [1.29, 1.82) is 0 Å². The smallest absolute Gasteiger partial charge is 0.223 e. The van der Waals surface area contributed by atoms with Gasteiger partial charge in [0.2, 0.25) is 5.95 Å². The Morgan fingerprint density at radius 2 is 1.94 bits per heavy atom. The number of anilines is 1. The molecular formula is C12H19N3O. The van der Waals surface area contributed by atoms with Crippen LogP contribution in [0.2, 0.25) is 0 Å². The first-order valence-corrected chi connectivity index (χ1v) is 5.87. The van der Waals surface area contributed by atoms with Gasteiger partial charge in [-0.1, -0.05) is 0 Å². The van der Waals surface area contributed by atoms with Crippen LogP contribution in [-0.2, 0) is 4.74 Å². The Morgan fingerprint density at radius 3 is 2.50 bits per heavy atom. The molecule has 1 saturated carbocycles. The fourth-order valence-electron chi connectivity index (χ4n) is 2.03. The molecule has 4 nitrogen and oxygen atoms in total. The molecular weight excluding hydrogens is 202 g/mol. The maximum absolute atomic E-state index is 5.51. The zero-order valence-corrected chi connectivity index (χ0v) is 10.2. The summed E-state index contributed by atoms with van der Waals surface area (Å²) in [6, 6.07) is 2.45. The Morgan fingerprint density at radius 1 is 1.31 bits per heavy atom. The van der Waals surface area contributed by atoms with E-state index < -0.39 is 0 Å². The minimum atomic E-state index is 0.424. The van der Waals surface area contributed by atoms with Crippen LogP contribution in [0.25, 0.3) is 0 Å². The number of hydrogen-bond acceptors (Lipinski definition) is 4. The van der Waals surface area contributed by atoms with E-state index in [1.54, 1.807) is 0 Å². The SMILES string of the molecule is CCOC1CC(Nc2nc(C)cc(C)n2)C1. The first-order chi connectivity index (χ1) is 7.67. The lowest BCUT2D eigenvalue weighted by atomic mass is 9.89. The maximum atomic E-state index is 5.51. The highest BCUT2D eigenvalue weighted by Gasteiger charge is 2.29. The third kappa shape index (κ3) is 2.70. The second kappa shape index (κ2) is 4.78. The Hall–Kier alpha value is -1.16. The van der Waals surface area contributed by atoms with Crippen LogP contribution in [0.5, 0.6) is 0 Å². The zero-order chi connectivity index (χ0) is 11.5. The highest BCUT2D eigenvalue weighted by atomic mass is 16.5. The van der Waals surface area contributed by atoms with E-state index in [1.807, 2.05) is 26.8 Å². The average Bonchev–Trinajstić information content (AvgIpc) is 2.13. The van der Waals surface area contributed by atoms with Crippen LogP contribution < -0.4 is 5.32 Å². The summed E-state index contributed by atoms with van der Waals surface area (Å²) in [5.74, 6) is 0.748. The molecule has 0 saturated heterocycles. The molecule has 1 aromatic heterocycles. The van der Waals surface area contributed by atoms with E-state index in [9.17, 15) is 0 Å². The number of nitrogens with zero attached hydrogens (tertiary/aromatic N) is 2. The van der Waals surface area contributed by atoms with Gasteiger partial charge in [-0.25, -0.2) is 9.97 Å². The van der Waals surface area contributed by atoms with Crippen molar-refractivity contribution >= 4 is 5.95 Å². The molecule has 1 aliphatic rings. The van der Waals surface area contributed by atoms with Crippen molar-refractivity contribution in [1.82, 2.24) is 9.97 Å². The molecule has 4 heteroatoms. The average molecular weight is 221 g/mol. The van der Waals surface area contributed by atoms with Gasteiger partial charge in [0.15, 0.2) is 0 Å². The Labute approximate surface area is 96.4 Å². The normalized spacial score (nSPS) is 23.9. The maximum Gasteiger partial charge on any atom is 0.223 e. The van der Waals surface area contributed by atoms with Crippen LogP contribution in [0.15, 0.2) is 6.07 Å². The summed E-state index contributed by atoms with van der Waals surface area (Å²) in [7, 11) is 0. The van der Waals surface area contributed by atoms with Gasteiger partial charge in [-0.2, -0.15) is 0 Å². The van der Waals surface area contributed by atoms with Crippen molar-refractivity contribution < 1.29 is 4.74 Å². The summed E-state index contributed by atoms with van der Waals surface area (Å²) in [6.07, 6.45) is 2.54. The summed E-state index contributed by atoms with van der Waals surface area (Å²) in [6.45, 7) is 6.82. The van der Waals surface area contributed by atoms with Gasteiger partial charge in [0, 0.05) is 24.0 Å². The molecule has 1 N–H and O–H groups in total. The van der Waals surface area contributed by atoms with Crippen molar-refractivity contribution in [3.63, 3.8) is 0 Å². The molecule has 0 bridgehead atoms. The summed E-state index contributed by atoms with van der Waals surface area (Å²) in [4.78, 5) is 8.73. The van der Waals surface area contributed by atoms with Gasteiger partial charge in [-0.05, 0) is 39.7 Å². The minimum Gasteiger partial charge on any atom is -0.378 e. The summed E-state index contributed by atoms with van der Waals surface area (Å²) in [5.41, 5.74) is 2.02. The van der Waals surface area contributed by atoms with E-state index in [-0.39, 0.29) is 0 Å². The first kappa shape index (κ1) is 11.3. The van der Waals surface area contributed by atoms with Gasteiger partial charge in [-0.15, -0.1) is 0 Å². The molecule has 2 rings (SSSR count). The Kier molecular flexibility index (Phi) is 3.39. The van der Waals surface area contributed by atoms with E-state index in [2.05, 4.69) is 15.3 Å². The van der Waals surface area contributed by atoms with E-state index in [1.165, 1.54) is 0 Å². The van der Waals surface area contributed by atoms with Crippen LogP contribution in [0, 0.1) is 13.8 Å². The fourth-order valence-corrected chi connectivity index (χ4v) is 2.03. The number of hydrogen-bond donors (Lipinski definition) is 1. The van der Waals surface area contributed by atoms with Gasteiger partial charge in [0.25, 0.3) is 0 Å². The third-order valence-electron chi connectivity index (χ3n) is 2.81. The second-order valence-corrected chi connectivity index (χ2v) is 4.36. The first-order valence-electron chi connectivity index (χ1n) is 5.87. The lowest BCUT2D eigenvalue weighted by Gasteiger charge is -2.35. The van der Waals surface area contributed by atoms with Crippen LogP contribution >= 0.6 is 0 Å². The molecule has 0 unspecified atom stereocenters. The van der Waals surface area contributed by atoms with Gasteiger partial charge >= 0.3 is 0 Å². The van der Waals surface area contributed by atoms with E-state index in [0.717, 1.165) is 36.8 Å². The molecule has 1 aromatic rings. The van der Waals surface area contributed by atoms with E-state index in [0.29, 0.717) is 12.1 Å². The Bertz CT molecular complexity index is 341. The molecule has 0 aliphatic heterocycles. The van der Waals surface area contributed by atoms with E-state index >= 15 is 0 Å². The lowest BCUT2D eigenvalue weighted by Crippen LogP contribution is -2.41. The monoisotopic (exact) mass is 221 g/mol. The van der Waals surface area contributed by atoms with Crippen molar-refractivity contribution in [3.8, 4) is 0 Å². The molecule has 16 heavy (non-hydrogen) atoms. The number of aryl methyl sites for hydroxylation is 2. The fraction of sp³-hybridized carbons (Fsp3) is 0.667. The summed E-state index contributed by atoms with van der Waals surface area (Å²) < 4.78 is 5.51. The highest BCUT2D eigenvalue weighted by molar-refractivity contribution is 5.30. The number of rotatable bonds is 4. The largest absolute Gasteiger partial charge is 0.378 e. The molecule has 0 atom stereocenters. The molecule has 1 aliphatic carbocycles. The quantitative estimate of drug-likeness (QED) is 0.845. The van der Waals surface area contributed by atoms with Gasteiger partial charge in [0.1, 0.15) is 0 Å². The molecule has 0 spiro atoms. The number of nitrogens with one attached hydrogen (secondary N) is 1. The topological polar surface area (TPSA) is 47.0 Å². The Balaban J connectivity index is 1.86. The molecule has 1 heterocycles. The van der Waals surface area contributed by atoms with Gasteiger partial charge in [0.05, 0.1) is 6.10 Å². The molecule has 0 aromatic carbocycles. The second-order valence-electron chi connectivity index (χ2n) is 4.36. The lowest BCUT2D eigenvalue weighted by molar-refractivity contribution is 0.00285. The zero-order valence-electron chi connectivity index (χ0n) is 10.2. The predicted molar refractivity (Wildman–Crippen MR) is 63.6 cm³/mol. The van der Waals surface area contributed by atoms with Crippen LogP contribution in [-0.4, -0.2) is 28.7 Å². The van der Waals surface area contributed by atoms with Crippen molar-refractivity contribution in [2.24, 2.45) is 0 Å². The minimum absolute atomic E-state index is 0.424. The van der Waals surface area contributed by atoms with Crippen LogP contribution in [0.4, 0.5) is 5.95 Å². The summed E-state index contributed by atoms with van der Waals surface area (Å²) in [5, 5.41) is 3.35. The van der Waals surface area contributed by atoms with Gasteiger partial charge < -0.3 is 10.1 Å². The number of ether oxygens (including phenoxy) is 1. The molecule has 0 amide bonds. The van der Waals surface area contributed by atoms with Gasteiger partial charge in [-0.3, -0.25) is 0 Å². The van der Waals surface area contributed by atoms with E-state index in [4.69, 9.17) is 4.74 Å². The van der Waals surface area contributed by atoms with Crippen molar-refractivity contribution in [2.45, 2.75) is 45.8 Å². The standard InChI is InChI=1S/C12H19N3O/c1-4-16-11-6-10(7-11)15-12-13-8(2)5-9(3)14-12/h5,10-11H,4,6-7H2,1-3H3,(H,13,14,15). The third-order valence-corrected chi connectivity index (χ3v) is 2.81. The van der Waals surface area contributed by atoms with Crippen LogP contribution in [0.3, 0.4) is 0 Å². The number of aromatic nitrogens is 2. The molecule has 1 fully saturated rings. The van der Waals surface area contributed by atoms with Crippen LogP contribution in [0.1, 0.15) is 31.2 Å².